The van der Waals surface area contributed by atoms with Crippen LogP contribution in [-0.2, 0) is 13.6 Å². The van der Waals surface area contributed by atoms with Gasteiger partial charge in [0, 0.05) is 13.6 Å². The number of fused-ring (bicyclic) bond motifs is 1. The Bertz CT molecular complexity index is 1070. The van der Waals surface area contributed by atoms with Crippen molar-refractivity contribution >= 4 is 17.0 Å². The van der Waals surface area contributed by atoms with Crippen molar-refractivity contribution in [2.45, 2.75) is 13.5 Å². The summed E-state index contributed by atoms with van der Waals surface area (Å²) in [4.78, 5) is 29.2. The first-order valence-electron chi connectivity index (χ1n) is 8.43. The molecule has 0 bridgehead atoms. The molecule has 0 radical (unpaired) electrons. The number of hydrogen-bond donors (Lipinski definition) is 1. The van der Waals surface area contributed by atoms with Crippen LogP contribution in [0.1, 0.15) is 21.7 Å². The Morgan fingerprint density at radius 3 is 2.39 bits per heavy atom. The van der Waals surface area contributed by atoms with E-state index in [4.69, 9.17) is 18.6 Å². The second-order valence-corrected chi connectivity index (χ2v) is 6.09. The topological polar surface area (TPSA) is 105 Å². The average molecular weight is 387 g/mol. The third-order valence-electron chi connectivity index (χ3n) is 4.35. The van der Waals surface area contributed by atoms with Crippen LogP contribution in [0.4, 0.5) is 0 Å². The van der Waals surface area contributed by atoms with Crippen molar-refractivity contribution in [3.63, 3.8) is 0 Å². The summed E-state index contributed by atoms with van der Waals surface area (Å²) in [6.45, 7) is 1.80. The number of aromatic nitrogens is 2. The minimum atomic E-state index is -0.435. The van der Waals surface area contributed by atoms with Gasteiger partial charge in [0.2, 0.25) is 11.5 Å². The van der Waals surface area contributed by atoms with Gasteiger partial charge in [0.15, 0.2) is 11.5 Å². The molecular weight excluding hydrogens is 366 g/mol. The highest BCUT2D eigenvalue weighted by Crippen LogP contribution is 2.38. The fraction of sp³-hybridized carbons (Fsp3) is 0.316. The summed E-state index contributed by atoms with van der Waals surface area (Å²) in [5.74, 6) is 1.32. The molecule has 2 aromatic heterocycles. The molecule has 9 nitrogen and oxygen atoms in total. The highest BCUT2D eigenvalue weighted by Gasteiger charge is 2.22. The predicted octanol–water partition coefficient (Wildman–Crippen LogP) is 1.79. The Kier molecular flexibility index (Phi) is 5.25. The van der Waals surface area contributed by atoms with E-state index in [1.165, 1.54) is 32.2 Å². The van der Waals surface area contributed by atoms with Crippen molar-refractivity contribution in [2.24, 2.45) is 7.05 Å². The lowest BCUT2D eigenvalue weighted by molar-refractivity contribution is 0.0950. The van der Waals surface area contributed by atoms with E-state index in [1.807, 2.05) is 0 Å². The van der Waals surface area contributed by atoms with Gasteiger partial charge >= 0.3 is 0 Å². The van der Waals surface area contributed by atoms with Crippen molar-refractivity contribution in [2.75, 3.05) is 21.3 Å². The van der Waals surface area contributed by atoms with Gasteiger partial charge in [-0.25, -0.2) is 4.98 Å². The molecule has 1 amide bonds. The number of benzene rings is 1. The molecule has 3 rings (SSSR count). The number of carbonyl (C=O) groups excluding carboxylic acids is 1. The van der Waals surface area contributed by atoms with Gasteiger partial charge in [-0.1, -0.05) is 0 Å². The Hall–Kier alpha value is -3.49. The molecule has 9 heteroatoms. The number of hydrogen-bond acceptors (Lipinski definition) is 7. The summed E-state index contributed by atoms with van der Waals surface area (Å²) >= 11 is 0. The second kappa shape index (κ2) is 7.63. The van der Waals surface area contributed by atoms with Crippen LogP contribution in [0.2, 0.25) is 0 Å². The smallest absolute Gasteiger partial charge is 0.265 e. The molecule has 3 aromatic rings. The maximum absolute atomic E-state index is 12.8. The number of aryl methyl sites for hydroxylation is 2. The third-order valence-corrected chi connectivity index (χ3v) is 4.35. The highest BCUT2D eigenvalue weighted by molar-refractivity contribution is 6.06. The van der Waals surface area contributed by atoms with Gasteiger partial charge in [-0.05, 0) is 24.6 Å². The van der Waals surface area contributed by atoms with Crippen LogP contribution < -0.4 is 25.1 Å². The predicted molar refractivity (Wildman–Crippen MR) is 101 cm³/mol. The molecule has 2 heterocycles. The van der Waals surface area contributed by atoms with Gasteiger partial charge in [0.1, 0.15) is 17.5 Å². The number of ether oxygens (including phenoxy) is 3. The number of rotatable bonds is 6. The quantitative estimate of drug-likeness (QED) is 0.687. The number of furan rings is 1. The first-order chi connectivity index (χ1) is 13.4. The standard InChI is InChI=1S/C19H21N3O6/c1-10-14(15-18(28-10)21-9-22(2)19(15)24)17(23)20-8-11-6-12(25-3)16(27-5)13(7-11)26-4/h6-7,9H,8H2,1-5H3,(H,20,23). The van der Waals surface area contributed by atoms with E-state index < -0.39 is 5.91 Å². The maximum Gasteiger partial charge on any atom is 0.265 e. The van der Waals surface area contributed by atoms with Crippen LogP contribution in [-0.4, -0.2) is 36.8 Å². The molecule has 0 aliphatic carbocycles. The summed E-state index contributed by atoms with van der Waals surface area (Å²) in [5, 5.41) is 2.95. The van der Waals surface area contributed by atoms with Crippen LogP contribution in [0.3, 0.4) is 0 Å². The Balaban J connectivity index is 1.91. The monoisotopic (exact) mass is 387 g/mol. The second-order valence-electron chi connectivity index (χ2n) is 6.09. The van der Waals surface area contributed by atoms with Crippen LogP contribution >= 0.6 is 0 Å². The lowest BCUT2D eigenvalue weighted by atomic mass is 10.1. The lowest BCUT2D eigenvalue weighted by Crippen LogP contribution is -2.26. The van der Waals surface area contributed by atoms with Crippen molar-refractivity contribution in [1.82, 2.24) is 14.9 Å². The number of carbonyl (C=O) groups is 1. The van der Waals surface area contributed by atoms with E-state index in [-0.39, 0.29) is 28.8 Å². The number of nitrogens with one attached hydrogen (secondary N) is 1. The van der Waals surface area contributed by atoms with Crippen LogP contribution in [0.25, 0.3) is 11.1 Å². The minimum absolute atomic E-state index is 0.138. The summed E-state index contributed by atoms with van der Waals surface area (Å²) < 4.78 is 22.7. The SMILES string of the molecule is COc1cc(CNC(=O)c2c(C)oc3ncn(C)c(=O)c23)cc(OC)c1OC. The van der Waals surface area contributed by atoms with Gasteiger partial charge in [-0.2, -0.15) is 0 Å². The fourth-order valence-electron chi connectivity index (χ4n) is 2.97. The van der Waals surface area contributed by atoms with Gasteiger partial charge in [0.25, 0.3) is 11.5 Å². The minimum Gasteiger partial charge on any atom is -0.493 e. The summed E-state index contributed by atoms with van der Waals surface area (Å²) in [7, 11) is 6.12. The molecule has 0 spiro atoms. The zero-order valence-electron chi connectivity index (χ0n) is 16.3. The summed E-state index contributed by atoms with van der Waals surface area (Å²) in [6.07, 6.45) is 1.35. The van der Waals surface area contributed by atoms with E-state index in [1.54, 1.807) is 26.1 Å². The molecule has 28 heavy (non-hydrogen) atoms. The fourth-order valence-corrected chi connectivity index (χ4v) is 2.97. The molecule has 1 aromatic carbocycles. The van der Waals surface area contributed by atoms with Gasteiger partial charge in [0.05, 0.1) is 26.9 Å². The van der Waals surface area contributed by atoms with E-state index in [0.29, 0.717) is 23.0 Å². The largest absolute Gasteiger partial charge is 0.493 e. The molecule has 0 aliphatic heterocycles. The first kappa shape index (κ1) is 19.3. The van der Waals surface area contributed by atoms with E-state index in [0.717, 1.165) is 5.56 Å². The Morgan fingerprint density at radius 1 is 1.18 bits per heavy atom. The molecule has 148 valence electrons. The molecular formula is C19H21N3O6. The third kappa shape index (κ3) is 3.26. The molecule has 0 fully saturated rings. The van der Waals surface area contributed by atoms with Gasteiger partial charge in [-0.3, -0.25) is 9.59 Å². The van der Waals surface area contributed by atoms with Crippen LogP contribution in [0.15, 0.2) is 27.7 Å². The Labute approximate surface area is 160 Å². The zero-order valence-corrected chi connectivity index (χ0v) is 16.3. The van der Waals surface area contributed by atoms with Gasteiger partial charge in [-0.15, -0.1) is 0 Å². The maximum atomic E-state index is 12.8. The molecule has 0 unspecified atom stereocenters. The molecule has 0 saturated carbocycles. The van der Waals surface area contributed by atoms with E-state index in [9.17, 15) is 9.59 Å². The van der Waals surface area contributed by atoms with Crippen LogP contribution in [0.5, 0.6) is 17.2 Å². The number of nitrogens with zero attached hydrogens (tertiary/aromatic N) is 2. The van der Waals surface area contributed by atoms with E-state index >= 15 is 0 Å². The number of amides is 1. The molecule has 1 N–H and O–H groups in total. The van der Waals surface area contributed by atoms with Gasteiger partial charge < -0.3 is 28.5 Å². The van der Waals surface area contributed by atoms with Crippen molar-refractivity contribution in [3.05, 3.63) is 45.7 Å². The first-order valence-corrected chi connectivity index (χ1v) is 8.43. The lowest BCUT2D eigenvalue weighted by Gasteiger charge is -2.14. The summed E-state index contributed by atoms with van der Waals surface area (Å²) in [6, 6.07) is 3.48. The normalized spacial score (nSPS) is 10.8. The van der Waals surface area contributed by atoms with Crippen LogP contribution in [0, 0.1) is 6.92 Å². The Morgan fingerprint density at radius 2 is 1.82 bits per heavy atom. The summed E-state index contributed by atoms with van der Waals surface area (Å²) in [5.41, 5.74) is 0.703. The molecule has 0 aliphatic rings. The zero-order chi connectivity index (χ0) is 20.4. The number of methoxy groups -OCH3 is 3. The highest BCUT2D eigenvalue weighted by atomic mass is 16.5. The van der Waals surface area contributed by atoms with Crippen molar-refractivity contribution in [3.8, 4) is 17.2 Å². The van der Waals surface area contributed by atoms with Crippen molar-refractivity contribution < 1.29 is 23.4 Å². The van der Waals surface area contributed by atoms with Crippen molar-refractivity contribution in [1.29, 1.82) is 0 Å². The molecule has 0 saturated heterocycles. The molecule has 0 atom stereocenters. The van der Waals surface area contributed by atoms with E-state index in [2.05, 4.69) is 10.3 Å². The average Bonchev–Trinajstić information content (AvgIpc) is 3.04.